The van der Waals surface area contributed by atoms with Crippen molar-refractivity contribution >= 4 is 22.5 Å². The number of nitrogen functional groups attached to an aromatic ring is 1. The Hall–Kier alpha value is -2.01. The van der Waals surface area contributed by atoms with Crippen LogP contribution in [0.2, 0.25) is 0 Å². The van der Waals surface area contributed by atoms with Crippen molar-refractivity contribution in [2.45, 2.75) is 6.92 Å². The Morgan fingerprint density at radius 1 is 1.47 bits per heavy atom. The van der Waals surface area contributed by atoms with E-state index < -0.39 is 0 Å². The number of nitrogens with one attached hydrogen (secondary N) is 1. The highest BCUT2D eigenvalue weighted by molar-refractivity contribution is 6.07. The molecule has 1 aromatic carbocycles. The van der Waals surface area contributed by atoms with Crippen molar-refractivity contribution in [1.82, 2.24) is 9.88 Å². The zero-order chi connectivity index (χ0) is 13.8. The minimum absolute atomic E-state index is 0.0310. The van der Waals surface area contributed by atoms with Gasteiger partial charge in [-0.2, -0.15) is 0 Å². The SMILES string of the molecule is CCOCCN(C)C(=O)c1c[nH]c2ccc(N)cc12. The van der Waals surface area contributed by atoms with Crippen molar-refractivity contribution < 1.29 is 9.53 Å². The minimum atomic E-state index is -0.0310. The first-order valence-corrected chi connectivity index (χ1v) is 6.33. The molecule has 1 aromatic heterocycles. The fourth-order valence-corrected chi connectivity index (χ4v) is 1.97. The number of rotatable bonds is 5. The standard InChI is InChI=1S/C14H19N3O2/c1-3-19-7-6-17(2)14(18)12-9-16-13-5-4-10(15)8-11(12)13/h4-5,8-9,16H,3,6-7,15H2,1-2H3. The van der Waals surface area contributed by atoms with Gasteiger partial charge in [0.05, 0.1) is 12.2 Å². The van der Waals surface area contributed by atoms with E-state index in [2.05, 4.69) is 4.98 Å². The predicted octanol–water partition coefficient (Wildman–Crippen LogP) is 1.86. The lowest BCUT2D eigenvalue weighted by molar-refractivity contribution is 0.0712. The summed E-state index contributed by atoms with van der Waals surface area (Å²) >= 11 is 0. The van der Waals surface area contributed by atoms with Gasteiger partial charge in [-0.15, -0.1) is 0 Å². The number of anilines is 1. The topological polar surface area (TPSA) is 71.3 Å². The summed E-state index contributed by atoms with van der Waals surface area (Å²) in [5, 5.41) is 0.855. The number of aromatic nitrogens is 1. The number of hydrogen-bond donors (Lipinski definition) is 2. The van der Waals surface area contributed by atoms with Crippen LogP contribution in [0.3, 0.4) is 0 Å². The first kappa shape index (κ1) is 13.4. The summed E-state index contributed by atoms with van der Waals surface area (Å²) in [6.45, 7) is 3.71. The van der Waals surface area contributed by atoms with Gasteiger partial charge < -0.3 is 20.4 Å². The van der Waals surface area contributed by atoms with E-state index in [-0.39, 0.29) is 5.91 Å². The maximum atomic E-state index is 12.3. The fraction of sp³-hybridized carbons (Fsp3) is 0.357. The lowest BCUT2D eigenvalue weighted by Crippen LogP contribution is -2.30. The average molecular weight is 261 g/mol. The van der Waals surface area contributed by atoms with Crippen LogP contribution in [0.4, 0.5) is 5.69 Å². The zero-order valence-corrected chi connectivity index (χ0v) is 11.3. The number of H-pyrrole nitrogens is 1. The summed E-state index contributed by atoms with van der Waals surface area (Å²) in [6, 6.07) is 5.50. The Bertz CT molecular complexity index is 577. The number of nitrogens with two attached hydrogens (primary N) is 1. The van der Waals surface area contributed by atoms with Crippen LogP contribution in [-0.2, 0) is 4.74 Å². The van der Waals surface area contributed by atoms with E-state index in [1.54, 1.807) is 18.1 Å². The van der Waals surface area contributed by atoms with Crippen molar-refractivity contribution in [3.63, 3.8) is 0 Å². The van der Waals surface area contributed by atoms with Gasteiger partial charge in [-0.05, 0) is 25.1 Å². The van der Waals surface area contributed by atoms with Gasteiger partial charge in [-0.1, -0.05) is 0 Å². The molecular weight excluding hydrogens is 242 g/mol. The second-order valence-corrected chi connectivity index (χ2v) is 4.43. The number of aromatic amines is 1. The van der Waals surface area contributed by atoms with Gasteiger partial charge in [0.1, 0.15) is 0 Å². The van der Waals surface area contributed by atoms with E-state index in [0.29, 0.717) is 31.0 Å². The van der Waals surface area contributed by atoms with Gasteiger partial charge >= 0.3 is 0 Å². The number of fused-ring (bicyclic) bond motifs is 1. The first-order valence-electron chi connectivity index (χ1n) is 6.33. The molecule has 1 heterocycles. The second kappa shape index (κ2) is 5.75. The molecule has 0 radical (unpaired) electrons. The molecular formula is C14H19N3O2. The van der Waals surface area contributed by atoms with Crippen LogP contribution >= 0.6 is 0 Å². The molecule has 3 N–H and O–H groups in total. The highest BCUT2D eigenvalue weighted by atomic mass is 16.5. The largest absolute Gasteiger partial charge is 0.399 e. The molecule has 0 aliphatic carbocycles. The van der Waals surface area contributed by atoms with E-state index in [0.717, 1.165) is 10.9 Å². The van der Waals surface area contributed by atoms with Gasteiger partial charge in [0.2, 0.25) is 0 Å². The minimum Gasteiger partial charge on any atom is -0.399 e. The van der Waals surface area contributed by atoms with Gasteiger partial charge in [0.15, 0.2) is 0 Å². The second-order valence-electron chi connectivity index (χ2n) is 4.43. The van der Waals surface area contributed by atoms with Crippen molar-refractivity contribution in [2.75, 3.05) is 32.5 Å². The average Bonchev–Trinajstić information content (AvgIpc) is 2.80. The monoisotopic (exact) mass is 261 g/mol. The van der Waals surface area contributed by atoms with Crippen molar-refractivity contribution in [1.29, 1.82) is 0 Å². The summed E-state index contributed by atoms with van der Waals surface area (Å²) in [4.78, 5) is 17.1. The molecule has 0 unspecified atom stereocenters. The number of amides is 1. The molecule has 0 aliphatic rings. The van der Waals surface area contributed by atoms with Crippen LogP contribution in [-0.4, -0.2) is 42.6 Å². The van der Waals surface area contributed by atoms with Crippen LogP contribution < -0.4 is 5.73 Å². The van der Waals surface area contributed by atoms with Crippen LogP contribution in [0.1, 0.15) is 17.3 Å². The third-order valence-corrected chi connectivity index (χ3v) is 3.06. The van der Waals surface area contributed by atoms with Crippen LogP contribution in [0.5, 0.6) is 0 Å². The lowest BCUT2D eigenvalue weighted by atomic mass is 10.1. The van der Waals surface area contributed by atoms with Crippen molar-refractivity contribution in [3.8, 4) is 0 Å². The Balaban J connectivity index is 2.19. The number of nitrogens with zero attached hydrogens (tertiary/aromatic N) is 1. The van der Waals surface area contributed by atoms with Crippen LogP contribution in [0.25, 0.3) is 10.9 Å². The summed E-state index contributed by atoms with van der Waals surface area (Å²) in [5.74, 6) is -0.0310. The predicted molar refractivity (Wildman–Crippen MR) is 76.2 cm³/mol. The number of ether oxygens (including phenoxy) is 1. The van der Waals surface area contributed by atoms with E-state index in [1.807, 2.05) is 25.1 Å². The quantitative estimate of drug-likeness (QED) is 0.637. The molecule has 1 amide bonds. The highest BCUT2D eigenvalue weighted by Gasteiger charge is 2.16. The van der Waals surface area contributed by atoms with Crippen molar-refractivity contribution in [3.05, 3.63) is 30.0 Å². The molecule has 2 aromatic rings. The van der Waals surface area contributed by atoms with E-state index in [4.69, 9.17) is 10.5 Å². The van der Waals surface area contributed by atoms with Crippen LogP contribution in [0, 0.1) is 0 Å². The Labute approximate surface area is 112 Å². The van der Waals surface area contributed by atoms with Gasteiger partial charge in [0, 0.05) is 43.0 Å². The van der Waals surface area contributed by atoms with Crippen LogP contribution in [0.15, 0.2) is 24.4 Å². The summed E-state index contributed by atoms with van der Waals surface area (Å²) in [7, 11) is 1.77. The summed E-state index contributed by atoms with van der Waals surface area (Å²) < 4.78 is 5.26. The maximum Gasteiger partial charge on any atom is 0.255 e. The molecule has 0 bridgehead atoms. The lowest BCUT2D eigenvalue weighted by Gasteiger charge is -2.16. The molecule has 5 nitrogen and oxygen atoms in total. The smallest absolute Gasteiger partial charge is 0.255 e. The molecule has 19 heavy (non-hydrogen) atoms. The van der Waals surface area contributed by atoms with Crippen molar-refractivity contribution in [2.24, 2.45) is 0 Å². The normalized spacial score (nSPS) is 10.8. The molecule has 5 heteroatoms. The molecule has 0 aliphatic heterocycles. The number of hydrogen-bond acceptors (Lipinski definition) is 3. The molecule has 2 rings (SSSR count). The number of likely N-dealkylation sites (N-methyl/N-ethyl adjacent to an activating group) is 1. The summed E-state index contributed by atoms with van der Waals surface area (Å²) in [6.07, 6.45) is 1.73. The van der Waals surface area contributed by atoms with E-state index >= 15 is 0 Å². The van der Waals surface area contributed by atoms with Gasteiger partial charge in [-0.25, -0.2) is 0 Å². The third kappa shape index (κ3) is 2.88. The fourth-order valence-electron chi connectivity index (χ4n) is 1.97. The third-order valence-electron chi connectivity index (χ3n) is 3.06. The highest BCUT2D eigenvalue weighted by Crippen LogP contribution is 2.21. The first-order chi connectivity index (χ1) is 9.13. The Kier molecular flexibility index (Phi) is 4.06. The van der Waals surface area contributed by atoms with E-state index in [9.17, 15) is 4.79 Å². The number of carbonyl (C=O) groups is 1. The summed E-state index contributed by atoms with van der Waals surface area (Å²) in [5.41, 5.74) is 7.97. The Morgan fingerprint density at radius 2 is 2.26 bits per heavy atom. The molecule has 0 atom stereocenters. The van der Waals surface area contributed by atoms with E-state index in [1.165, 1.54) is 0 Å². The number of carbonyl (C=O) groups excluding carboxylic acids is 1. The number of benzene rings is 1. The molecule has 0 saturated carbocycles. The molecule has 0 fully saturated rings. The molecule has 0 spiro atoms. The molecule has 0 saturated heterocycles. The molecule has 102 valence electrons. The maximum absolute atomic E-state index is 12.3. The van der Waals surface area contributed by atoms with Gasteiger partial charge in [-0.3, -0.25) is 4.79 Å². The Morgan fingerprint density at radius 3 is 3.00 bits per heavy atom. The van der Waals surface area contributed by atoms with Gasteiger partial charge in [0.25, 0.3) is 5.91 Å². The zero-order valence-electron chi connectivity index (χ0n) is 11.3.